The van der Waals surface area contributed by atoms with Crippen LogP contribution in [0.3, 0.4) is 0 Å². The Morgan fingerprint density at radius 3 is 2.36 bits per heavy atom. The van der Waals surface area contributed by atoms with Crippen molar-refractivity contribution in [1.29, 1.82) is 0 Å². The maximum atomic E-state index is 13.0. The van der Waals surface area contributed by atoms with E-state index < -0.39 is 5.69 Å². The lowest BCUT2D eigenvalue weighted by Crippen LogP contribution is -2.24. The number of rotatable bonds is 3. The van der Waals surface area contributed by atoms with Crippen molar-refractivity contribution in [2.45, 2.75) is 6.54 Å². The molecule has 4 aromatic rings. The normalized spacial score (nSPS) is 11.1. The molecule has 0 N–H and O–H groups in total. The predicted molar refractivity (Wildman–Crippen MR) is 90.6 cm³/mol. The number of fused-ring (bicyclic) bond motifs is 1. The molecule has 0 aliphatic carbocycles. The van der Waals surface area contributed by atoms with Crippen molar-refractivity contribution < 1.29 is 4.39 Å². The fourth-order valence-electron chi connectivity index (χ4n) is 2.67. The van der Waals surface area contributed by atoms with E-state index in [1.165, 1.54) is 38.2 Å². The van der Waals surface area contributed by atoms with Gasteiger partial charge in [-0.3, -0.25) is 9.36 Å². The molecule has 0 amide bonds. The van der Waals surface area contributed by atoms with Crippen LogP contribution in [0.2, 0.25) is 0 Å². The maximum Gasteiger partial charge on any atom is 0.350 e. The van der Waals surface area contributed by atoms with Gasteiger partial charge in [-0.05, 0) is 29.8 Å². The maximum absolute atomic E-state index is 13.0. The highest BCUT2D eigenvalue weighted by molar-refractivity contribution is 5.39. The van der Waals surface area contributed by atoms with Crippen molar-refractivity contribution in [2.24, 2.45) is 0 Å². The van der Waals surface area contributed by atoms with Gasteiger partial charge in [-0.2, -0.15) is 0 Å². The molecule has 0 radical (unpaired) electrons. The molecule has 0 saturated carbocycles. The van der Waals surface area contributed by atoms with Crippen LogP contribution < -0.4 is 11.2 Å². The van der Waals surface area contributed by atoms with Crippen LogP contribution in [0.25, 0.3) is 11.3 Å². The minimum absolute atomic E-state index is 0.0402. The molecule has 7 heteroatoms. The average molecular weight is 336 g/mol. The van der Waals surface area contributed by atoms with Crippen molar-refractivity contribution in [2.75, 3.05) is 0 Å². The summed E-state index contributed by atoms with van der Waals surface area (Å²) >= 11 is 0. The Morgan fingerprint density at radius 1 is 0.920 bits per heavy atom. The van der Waals surface area contributed by atoms with E-state index in [-0.39, 0.29) is 23.6 Å². The van der Waals surface area contributed by atoms with Crippen molar-refractivity contribution in [3.8, 4) is 5.69 Å². The largest absolute Gasteiger partial charge is 0.350 e. The van der Waals surface area contributed by atoms with Crippen LogP contribution in [0.1, 0.15) is 5.56 Å². The highest BCUT2D eigenvalue weighted by atomic mass is 19.1. The van der Waals surface area contributed by atoms with E-state index in [0.717, 1.165) is 5.56 Å². The van der Waals surface area contributed by atoms with Gasteiger partial charge >= 0.3 is 11.2 Å². The van der Waals surface area contributed by atoms with E-state index in [0.29, 0.717) is 5.69 Å². The Labute approximate surface area is 141 Å². The van der Waals surface area contributed by atoms with E-state index in [4.69, 9.17) is 0 Å². The lowest BCUT2D eigenvalue weighted by molar-refractivity contribution is 0.622. The summed E-state index contributed by atoms with van der Waals surface area (Å²) < 4.78 is 16.8. The van der Waals surface area contributed by atoms with Crippen LogP contribution in [0.5, 0.6) is 0 Å². The summed E-state index contributed by atoms with van der Waals surface area (Å²) in [5, 5.41) is 4.16. The van der Waals surface area contributed by atoms with Crippen molar-refractivity contribution in [3.63, 3.8) is 0 Å². The first-order valence-corrected chi connectivity index (χ1v) is 7.64. The van der Waals surface area contributed by atoms with Gasteiger partial charge in [0.25, 0.3) is 0 Å². The standard InChI is InChI=1S/C18H13FN4O2/c19-14-8-6-13(7-9-14)12-23-18(25)22-11-10-21(17(24)16(22)20-23)15-4-2-1-3-5-15/h1-11H,12H2. The van der Waals surface area contributed by atoms with E-state index in [1.807, 2.05) is 18.2 Å². The van der Waals surface area contributed by atoms with Crippen molar-refractivity contribution in [3.05, 3.63) is 99.2 Å². The van der Waals surface area contributed by atoms with Gasteiger partial charge in [-0.1, -0.05) is 30.3 Å². The zero-order valence-corrected chi connectivity index (χ0v) is 13.0. The number of halogens is 1. The Morgan fingerprint density at radius 2 is 1.64 bits per heavy atom. The van der Waals surface area contributed by atoms with Gasteiger partial charge in [0.2, 0.25) is 5.65 Å². The lowest BCUT2D eigenvalue weighted by Gasteiger charge is -2.04. The Bertz CT molecular complexity index is 1160. The molecule has 124 valence electrons. The Hall–Kier alpha value is -3.48. The lowest BCUT2D eigenvalue weighted by atomic mass is 10.2. The third-order valence-electron chi connectivity index (χ3n) is 3.93. The number of aromatic nitrogens is 4. The fourth-order valence-corrected chi connectivity index (χ4v) is 2.67. The molecule has 2 aromatic carbocycles. The Balaban J connectivity index is 1.82. The van der Waals surface area contributed by atoms with Gasteiger partial charge in [0.05, 0.1) is 6.54 Å². The molecule has 2 aromatic heterocycles. The van der Waals surface area contributed by atoms with E-state index >= 15 is 0 Å². The first-order chi connectivity index (χ1) is 12.1. The monoisotopic (exact) mass is 336 g/mol. The molecular formula is C18H13FN4O2. The molecule has 0 atom stereocenters. The summed E-state index contributed by atoms with van der Waals surface area (Å²) in [4.78, 5) is 25.1. The molecule has 0 aliphatic heterocycles. The summed E-state index contributed by atoms with van der Waals surface area (Å²) in [6.07, 6.45) is 3.05. The second kappa shape index (κ2) is 5.86. The second-order valence-corrected chi connectivity index (χ2v) is 5.57. The molecule has 0 saturated heterocycles. The molecular weight excluding hydrogens is 323 g/mol. The van der Waals surface area contributed by atoms with Gasteiger partial charge in [0, 0.05) is 18.1 Å². The van der Waals surface area contributed by atoms with E-state index in [1.54, 1.807) is 24.3 Å². The van der Waals surface area contributed by atoms with Crippen molar-refractivity contribution in [1.82, 2.24) is 18.7 Å². The predicted octanol–water partition coefficient (Wildman–Crippen LogP) is 1.83. The van der Waals surface area contributed by atoms with Gasteiger partial charge in [-0.25, -0.2) is 18.3 Å². The zero-order valence-electron chi connectivity index (χ0n) is 13.0. The first-order valence-electron chi connectivity index (χ1n) is 7.64. The van der Waals surface area contributed by atoms with Crippen LogP contribution in [0.4, 0.5) is 4.39 Å². The van der Waals surface area contributed by atoms with Crippen LogP contribution in [0, 0.1) is 5.82 Å². The minimum Gasteiger partial charge on any atom is -0.280 e. The van der Waals surface area contributed by atoms with Crippen LogP contribution in [-0.2, 0) is 6.54 Å². The highest BCUT2D eigenvalue weighted by Gasteiger charge is 2.12. The first kappa shape index (κ1) is 15.1. The number of hydrogen-bond donors (Lipinski definition) is 0. The summed E-state index contributed by atoms with van der Waals surface area (Å²) in [7, 11) is 0. The molecule has 4 rings (SSSR count). The molecule has 0 spiro atoms. The van der Waals surface area contributed by atoms with Gasteiger partial charge in [-0.15, -0.1) is 5.10 Å². The third-order valence-corrected chi connectivity index (χ3v) is 3.93. The molecule has 2 heterocycles. The van der Waals surface area contributed by atoms with Crippen molar-refractivity contribution >= 4 is 5.65 Å². The van der Waals surface area contributed by atoms with Crippen LogP contribution in [0.15, 0.2) is 76.6 Å². The van der Waals surface area contributed by atoms with Gasteiger partial charge in [0.1, 0.15) is 5.82 Å². The van der Waals surface area contributed by atoms with Crippen LogP contribution in [-0.4, -0.2) is 18.7 Å². The highest BCUT2D eigenvalue weighted by Crippen LogP contribution is 2.06. The number of para-hydroxylation sites is 1. The van der Waals surface area contributed by atoms with Gasteiger partial charge < -0.3 is 0 Å². The molecule has 0 aliphatic rings. The molecule has 0 unspecified atom stereocenters. The van der Waals surface area contributed by atoms with E-state index in [2.05, 4.69) is 5.10 Å². The smallest absolute Gasteiger partial charge is 0.280 e. The Kier molecular flexibility index (Phi) is 3.53. The number of benzene rings is 2. The minimum atomic E-state index is -0.420. The topological polar surface area (TPSA) is 61.3 Å². The SMILES string of the molecule is O=c1c2nn(Cc3ccc(F)cc3)c(=O)n2ccn1-c1ccccc1. The molecule has 6 nitrogen and oxygen atoms in total. The molecule has 0 bridgehead atoms. The summed E-state index contributed by atoms with van der Waals surface area (Å²) in [5.74, 6) is -0.350. The third kappa shape index (κ3) is 2.65. The second-order valence-electron chi connectivity index (χ2n) is 5.57. The summed E-state index contributed by atoms with van der Waals surface area (Å²) in [6.45, 7) is 0.158. The summed E-state index contributed by atoms with van der Waals surface area (Å²) in [5.41, 5.74) is 0.643. The number of hydrogen-bond acceptors (Lipinski definition) is 3. The molecule has 0 fully saturated rings. The zero-order chi connectivity index (χ0) is 17.4. The molecule has 25 heavy (non-hydrogen) atoms. The summed E-state index contributed by atoms with van der Waals surface area (Å²) in [6, 6.07) is 14.9. The average Bonchev–Trinajstić information content (AvgIpc) is 2.95. The van der Waals surface area contributed by atoms with Crippen LogP contribution >= 0.6 is 0 Å². The number of nitrogens with zero attached hydrogens (tertiary/aromatic N) is 4. The fraction of sp³-hybridized carbons (Fsp3) is 0.0556. The quantitative estimate of drug-likeness (QED) is 0.573. The van der Waals surface area contributed by atoms with Gasteiger partial charge in [0.15, 0.2) is 0 Å². The van der Waals surface area contributed by atoms with E-state index in [9.17, 15) is 14.0 Å².